The fourth-order valence-corrected chi connectivity index (χ4v) is 0.722. The zero-order valence-corrected chi connectivity index (χ0v) is 9.67. The molecule has 0 saturated heterocycles. The maximum Gasteiger partial charge on any atom is 3.00 e. The quantitative estimate of drug-likeness (QED) is 0.533. The number of benzene rings is 1. The van der Waals surface area contributed by atoms with Gasteiger partial charge in [0.25, 0.3) is 0 Å². The zero-order valence-electron chi connectivity index (χ0n) is 7.10. The van der Waals surface area contributed by atoms with Gasteiger partial charge in [0.2, 0.25) is 0 Å². The number of phenolic OH excluding ortho intramolecular Hbond substituents is 2. The molecular formula is C7H5AlMgO5+4. The molecule has 1 rings (SSSR count). The topological polar surface area (TPSA) is 101 Å². The van der Waals surface area contributed by atoms with Crippen molar-refractivity contribution in [2.75, 3.05) is 0 Å². The molecule has 0 radical (unpaired) electrons. The van der Waals surface area contributed by atoms with Gasteiger partial charge in [-0.1, -0.05) is 0 Å². The first-order valence-electron chi connectivity index (χ1n) is 2.98. The van der Waals surface area contributed by atoms with Gasteiger partial charge in [-0.2, -0.15) is 0 Å². The number of aromatic carboxylic acids is 1. The van der Waals surface area contributed by atoms with E-state index >= 15 is 0 Å². The summed E-state index contributed by atoms with van der Waals surface area (Å²) < 4.78 is 0. The van der Waals surface area contributed by atoms with E-state index in [4.69, 9.17) is 15.3 Å². The summed E-state index contributed by atoms with van der Waals surface area (Å²) in [7, 11) is 0. The van der Waals surface area contributed by atoms with Crippen molar-refractivity contribution in [3.63, 3.8) is 0 Å². The van der Waals surface area contributed by atoms with Gasteiger partial charge in [-0.15, -0.1) is 0 Å². The van der Waals surface area contributed by atoms with Gasteiger partial charge < -0.3 is 20.4 Å². The number of carbonyl (C=O) groups is 1. The van der Waals surface area contributed by atoms with Crippen LogP contribution in [0.4, 0.5) is 0 Å². The van der Waals surface area contributed by atoms with Crippen LogP contribution in [0.5, 0.6) is 17.2 Å². The van der Waals surface area contributed by atoms with Gasteiger partial charge in [-0.05, 0) is 17.9 Å². The molecule has 0 spiro atoms. The van der Waals surface area contributed by atoms with Crippen LogP contribution < -0.4 is 5.11 Å². The molecule has 0 heterocycles. The van der Waals surface area contributed by atoms with Crippen LogP contribution in [0.25, 0.3) is 0 Å². The number of carboxylic acid groups (broad SMARTS) is 1. The smallest absolute Gasteiger partial charge is 0.867 e. The summed E-state index contributed by atoms with van der Waals surface area (Å²) in [6.45, 7) is 0. The minimum Gasteiger partial charge on any atom is -0.867 e. The summed E-state index contributed by atoms with van der Waals surface area (Å²) >= 11 is 0. The Morgan fingerprint density at radius 1 is 1.21 bits per heavy atom. The third-order valence-electron chi connectivity index (χ3n) is 1.30. The molecule has 0 aromatic heterocycles. The Kier molecular flexibility index (Phi) is 6.77. The van der Waals surface area contributed by atoms with Crippen LogP contribution in [0.15, 0.2) is 12.1 Å². The molecule has 5 nitrogen and oxygen atoms in total. The molecule has 0 aliphatic rings. The van der Waals surface area contributed by atoms with Crippen LogP contribution in [0.2, 0.25) is 0 Å². The summed E-state index contributed by atoms with van der Waals surface area (Å²) in [5, 5.41) is 36.6. The largest absolute Gasteiger partial charge is 3.00 e. The fraction of sp³-hybridized carbons (Fsp3) is 0. The molecule has 0 fully saturated rings. The van der Waals surface area contributed by atoms with E-state index in [-0.39, 0.29) is 46.0 Å². The van der Waals surface area contributed by atoms with Crippen LogP contribution in [0.3, 0.4) is 0 Å². The van der Waals surface area contributed by atoms with Crippen molar-refractivity contribution >= 4 is 46.4 Å². The van der Waals surface area contributed by atoms with E-state index in [2.05, 4.69) is 0 Å². The van der Waals surface area contributed by atoms with E-state index in [1.54, 1.807) is 0 Å². The Hall–Kier alpha value is -0.611. The molecule has 0 amide bonds. The number of rotatable bonds is 1. The first-order valence-corrected chi connectivity index (χ1v) is 2.98. The van der Waals surface area contributed by atoms with Gasteiger partial charge in [0.15, 0.2) is 0 Å². The minimum atomic E-state index is -1.32. The Morgan fingerprint density at radius 3 is 1.86 bits per heavy atom. The Balaban J connectivity index is 0. The first-order chi connectivity index (χ1) is 5.52. The summed E-state index contributed by atoms with van der Waals surface area (Å²) in [6.07, 6.45) is 0. The van der Waals surface area contributed by atoms with Gasteiger partial charge in [0, 0.05) is 0 Å². The normalized spacial score (nSPS) is 8.29. The van der Waals surface area contributed by atoms with Crippen molar-refractivity contribution in [1.82, 2.24) is 0 Å². The van der Waals surface area contributed by atoms with E-state index in [1.165, 1.54) is 0 Å². The average Bonchev–Trinajstić information content (AvgIpc) is 1.99. The van der Waals surface area contributed by atoms with Crippen molar-refractivity contribution in [1.29, 1.82) is 0 Å². The second-order valence-electron chi connectivity index (χ2n) is 2.15. The Bertz CT molecular complexity index is 318. The van der Waals surface area contributed by atoms with Crippen molar-refractivity contribution in [3.05, 3.63) is 17.7 Å². The molecule has 0 atom stereocenters. The SMILES string of the molecule is O=C(O)c1cc(O)c([O-])c(O)c1.[Al+3].[Mg+2]. The van der Waals surface area contributed by atoms with Crippen molar-refractivity contribution in [2.45, 2.75) is 0 Å². The van der Waals surface area contributed by atoms with E-state index in [9.17, 15) is 9.90 Å². The van der Waals surface area contributed by atoms with E-state index in [0.29, 0.717) is 0 Å². The van der Waals surface area contributed by atoms with Gasteiger partial charge in [-0.25, -0.2) is 4.79 Å². The number of carboxylic acids is 1. The Morgan fingerprint density at radius 2 is 1.57 bits per heavy atom. The first kappa shape index (κ1) is 15.8. The molecule has 0 bridgehead atoms. The fourth-order valence-electron chi connectivity index (χ4n) is 0.722. The molecule has 0 aliphatic carbocycles. The van der Waals surface area contributed by atoms with Crippen molar-refractivity contribution in [2.24, 2.45) is 0 Å². The summed E-state index contributed by atoms with van der Waals surface area (Å²) in [6, 6.07) is 1.56. The molecule has 0 saturated carbocycles. The summed E-state index contributed by atoms with van der Waals surface area (Å²) in [5.74, 6) is -3.83. The predicted molar refractivity (Wildman–Crippen MR) is 47.7 cm³/mol. The molecule has 0 unspecified atom stereocenters. The maximum atomic E-state index is 10.7. The molecule has 64 valence electrons. The molecule has 7 heteroatoms. The number of hydrogen-bond donors (Lipinski definition) is 3. The zero-order chi connectivity index (χ0) is 9.30. The standard InChI is InChI=1S/C7H6O5.Al.Mg/c8-4-1-3(7(11)12)2-5(9)6(4)10;;/h1-2,8-10H,(H,11,12);;/q;+3;+2/p-1. The van der Waals surface area contributed by atoms with E-state index < -0.39 is 23.2 Å². The van der Waals surface area contributed by atoms with Gasteiger partial charge in [0.1, 0.15) is 11.5 Å². The molecule has 3 N–H and O–H groups in total. The van der Waals surface area contributed by atoms with Gasteiger partial charge in [0.05, 0.1) is 5.56 Å². The average molecular weight is 220 g/mol. The molecule has 1 aromatic rings. The molecule has 0 aliphatic heterocycles. The maximum absolute atomic E-state index is 10.7. The molecule has 1 aromatic carbocycles. The van der Waals surface area contributed by atoms with Crippen LogP contribution in [-0.4, -0.2) is 61.7 Å². The Labute approximate surface area is 106 Å². The second-order valence-corrected chi connectivity index (χ2v) is 2.15. The molecule has 14 heavy (non-hydrogen) atoms. The third-order valence-corrected chi connectivity index (χ3v) is 1.30. The van der Waals surface area contributed by atoms with Gasteiger partial charge in [-0.3, -0.25) is 0 Å². The number of phenols is 2. The minimum absolute atomic E-state index is 0. The third kappa shape index (κ3) is 3.27. The van der Waals surface area contributed by atoms with Crippen molar-refractivity contribution < 1.29 is 25.2 Å². The monoisotopic (exact) mass is 220 g/mol. The van der Waals surface area contributed by atoms with Crippen molar-refractivity contribution in [3.8, 4) is 17.2 Å². The van der Waals surface area contributed by atoms with E-state index in [1.807, 2.05) is 0 Å². The van der Waals surface area contributed by atoms with Crippen LogP contribution in [0, 0.1) is 0 Å². The van der Waals surface area contributed by atoms with Crippen LogP contribution in [0.1, 0.15) is 10.4 Å². The second kappa shape index (κ2) is 5.98. The molecular weight excluding hydrogens is 215 g/mol. The summed E-state index contributed by atoms with van der Waals surface area (Å²) in [4.78, 5) is 10.3. The number of hydrogen-bond acceptors (Lipinski definition) is 4. The summed E-state index contributed by atoms with van der Waals surface area (Å²) in [5.41, 5.74) is -0.329. The van der Waals surface area contributed by atoms with Gasteiger partial charge >= 0.3 is 46.4 Å². The predicted octanol–water partition coefficient (Wildman–Crippen LogP) is -0.892. The van der Waals surface area contributed by atoms with Crippen LogP contribution in [-0.2, 0) is 0 Å². The van der Waals surface area contributed by atoms with Crippen LogP contribution >= 0.6 is 0 Å². The van der Waals surface area contributed by atoms with E-state index in [0.717, 1.165) is 12.1 Å². The number of aromatic hydroxyl groups is 2.